The van der Waals surface area contributed by atoms with Gasteiger partial charge in [0.05, 0.1) is 11.7 Å². The molecule has 2 unspecified atom stereocenters. The third kappa shape index (κ3) is 3.75. The van der Waals surface area contributed by atoms with Crippen molar-refractivity contribution in [1.29, 1.82) is 0 Å². The van der Waals surface area contributed by atoms with Gasteiger partial charge in [-0.25, -0.2) is 8.42 Å². The summed E-state index contributed by atoms with van der Waals surface area (Å²) in [7, 11) is -3.23. The summed E-state index contributed by atoms with van der Waals surface area (Å²) < 4.78 is 22.4. The minimum Gasteiger partial charge on any atom is -0.481 e. The van der Waals surface area contributed by atoms with E-state index in [2.05, 4.69) is 4.90 Å². The van der Waals surface area contributed by atoms with Crippen LogP contribution in [0.5, 0.6) is 0 Å². The second-order valence-electron chi connectivity index (χ2n) is 4.48. The van der Waals surface area contributed by atoms with Crippen LogP contribution in [0.15, 0.2) is 0 Å². The van der Waals surface area contributed by atoms with Crippen molar-refractivity contribution >= 4 is 15.8 Å². The maximum absolute atomic E-state index is 11.2. The highest BCUT2D eigenvalue weighted by atomic mass is 32.2. The molecule has 1 saturated heterocycles. The first-order chi connectivity index (χ1) is 7.33. The molecule has 5 nitrogen and oxygen atoms in total. The van der Waals surface area contributed by atoms with Crippen LogP contribution in [0.1, 0.15) is 13.3 Å². The van der Waals surface area contributed by atoms with E-state index in [0.717, 1.165) is 25.8 Å². The molecule has 1 aliphatic rings. The summed E-state index contributed by atoms with van der Waals surface area (Å²) in [6, 6.07) is 0. The van der Waals surface area contributed by atoms with Gasteiger partial charge in [-0.15, -0.1) is 0 Å². The van der Waals surface area contributed by atoms with Crippen LogP contribution in [0.4, 0.5) is 0 Å². The van der Waals surface area contributed by atoms with Gasteiger partial charge in [0.15, 0.2) is 0 Å². The predicted molar refractivity (Wildman–Crippen MR) is 61.1 cm³/mol. The third-order valence-corrected chi connectivity index (χ3v) is 4.09. The van der Waals surface area contributed by atoms with Gasteiger partial charge in [-0.05, 0) is 25.4 Å². The van der Waals surface area contributed by atoms with E-state index in [1.165, 1.54) is 0 Å². The molecule has 6 heteroatoms. The molecule has 0 spiro atoms. The fourth-order valence-electron chi connectivity index (χ4n) is 2.21. The number of carbonyl (C=O) groups is 1. The van der Waals surface area contributed by atoms with Gasteiger partial charge < -0.3 is 10.0 Å². The van der Waals surface area contributed by atoms with Crippen LogP contribution in [-0.2, 0) is 14.6 Å². The molecule has 0 aromatic heterocycles. The molecule has 0 bridgehead atoms. The lowest BCUT2D eigenvalue weighted by Gasteiger charge is -2.19. The highest BCUT2D eigenvalue weighted by Gasteiger charge is 2.35. The Balaban J connectivity index is 2.69. The number of carboxylic acid groups (broad SMARTS) is 1. The monoisotopic (exact) mass is 249 g/mol. The fraction of sp³-hybridized carbons (Fsp3) is 0.900. The molecule has 0 saturated carbocycles. The van der Waals surface area contributed by atoms with Crippen LogP contribution in [0.2, 0.25) is 0 Å². The largest absolute Gasteiger partial charge is 0.481 e. The van der Waals surface area contributed by atoms with Gasteiger partial charge in [0.1, 0.15) is 9.84 Å². The van der Waals surface area contributed by atoms with E-state index >= 15 is 0 Å². The summed E-state index contributed by atoms with van der Waals surface area (Å²) in [5, 5.41) is 9.07. The molecule has 16 heavy (non-hydrogen) atoms. The Kier molecular flexibility index (Phi) is 4.32. The van der Waals surface area contributed by atoms with E-state index in [0.29, 0.717) is 6.54 Å². The third-order valence-electron chi connectivity index (χ3n) is 3.12. The average Bonchev–Trinajstić information content (AvgIpc) is 2.60. The number of rotatable bonds is 5. The first kappa shape index (κ1) is 13.4. The average molecular weight is 249 g/mol. The van der Waals surface area contributed by atoms with Gasteiger partial charge in [0.2, 0.25) is 0 Å². The molecule has 0 amide bonds. The fourth-order valence-corrected chi connectivity index (χ4v) is 3.28. The van der Waals surface area contributed by atoms with Crippen molar-refractivity contribution in [2.45, 2.75) is 13.3 Å². The van der Waals surface area contributed by atoms with Crippen molar-refractivity contribution in [1.82, 2.24) is 4.90 Å². The minimum absolute atomic E-state index is 0.0350. The van der Waals surface area contributed by atoms with Gasteiger partial charge in [-0.2, -0.15) is 0 Å². The van der Waals surface area contributed by atoms with Gasteiger partial charge in [-0.3, -0.25) is 4.79 Å². The molecule has 1 rings (SSSR count). The molecule has 1 N–H and O–H groups in total. The Morgan fingerprint density at radius 1 is 1.56 bits per heavy atom. The Labute approximate surface area is 96.4 Å². The molecule has 0 aliphatic carbocycles. The number of carboxylic acids is 1. The number of sulfone groups is 1. The van der Waals surface area contributed by atoms with E-state index < -0.39 is 21.7 Å². The molecule has 1 heterocycles. The lowest BCUT2D eigenvalue weighted by molar-refractivity contribution is -0.142. The lowest BCUT2D eigenvalue weighted by Crippen LogP contribution is -2.32. The first-order valence-electron chi connectivity index (χ1n) is 5.46. The summed E-state index contributed by atoms with van der Waals surface area (Å²) >= 11 is 0. The SMILES string of the molecule is CCN1CCC(C(CS(C)(=O)=O)C(=O)O)C1. The zero-order valence-corrected chi connectivity index (χ0v) is 10.5. The molecule has 1 fully saturated rings. The number of aliphatic carboxylic acids is 1. The van der Waals surface area contributed by atoms with Crippen LogP contribution < -0.4 is 0 Å². The van der Waals surface area contributed by atoms with E-state index in [9.17, 15) is 13.2 Å². The predicted octanol–water partition coefficient (Wildman–Crippen LogP) is 0.0736. The zero-order valence-electron chi connectivity index (χ0n) is 9.72. The Morgan fingerprint density at radius 2 is 2.19 bits per heavy atom. The number of hydrogen-bond acceptors (Lipinski definition) is 4. The van der Waals surface area contributed by atoms with Crippen LogP contribution in [-0.4, -0.2) is 56.0 Å². The van der Waals surface area contributed by atoms with Crippen molar-refractivity contribution in [3.05, 3.63) is 0 Å². The second-order valence-corrected chi connectivity index (χ2v) is 6.66. The summed E-state index contributed by atoms with van der Waals surface area (Å²) in [4.78, 5) is 13.2. The molecular formula is C10H19NO4S. The molecular weight excluding hydrogens is 230 g/mol. The van der Waals surface area contributed by atoms with Crippen LogP contribution in [0.3, 0.4) is 0 Å². The normalized spacial score (nSPS) is 24.5. The van der Waals surface area contributed by atoms with E-state index in [1.54, 1.807) is 0 Å². The molecule has 0 aromatic rings. The van der Waals surface area contributed by atoms with Gasteiger partial charge in [0, 0.05) is 12.8 Å². The van der Waals surface area contributed by atoms with Gasteiger partial charge >= 0.3 is 5.97 Å². The van der Waals surface area contributed by atoms with Crippen molar-refractivity contribution < 1.29 is 18.3 Å². The topological polar surface area (TPSA) is 74.7 Å². The zero-order chi connectivity index (χ0) is 12.3. The van der Waals surface area contributed by atoms with Crippen molar-refractivity contribution in [2.75, 3.05) is 31.6 Å². The molecule has 0 radical (unpaired) electrons. The minimum atomic E-state index is -3.23. The highest BCUT2D eigenvalue weighted by Crippen LogP contribution is 2.25. The van der Waals surface area contributed by atoms with Gasteiger partial charge in [-0.1, -0.05) is 6.92 Å². The quantitative estimate of drug-likeness (QED) is 0.746. The van der Waals surface area contributed by atoms with E-state index in [4.69, 9.17) is 5.11 Å². The van der Waals surface area contributed by atoms with Crippen molar-refractivity contribution in [2.24, 2.45) is 11.8 Å². The number of likely N-dealkylation sites (tertiary alicyclic amines) is 1. The standard InChI is InChI=1S/C10H19NO4S/c1-3-11-5-4-8(6-11)9(10(12)13)7-16(2,14)15/h8-9H,3-7H2,1-2H3,(H,12,13). The van der Waals surface area contributed by atoms with Crippen LogP contribution in [0, 0.1) is 11.8 Å². The molecule has 0 aromatic carbocycles. The van der Waals surface area contributed by atoms with Gasteiger partial charge in [0.25, 0.3) is 0 Å². The summed E-state index contributed by atoms with van der Waals surface area (Å²) in [5.74, 6) is -2.03. The second kappa shape index (κ2) is 5.14. The smallest absolute Gasteiger partial charge is 0.307 e. The lowest BCUT2D eigenvalue weighted by atomic mass is 9.93. The Hall–Kier alpha value is -0.620. The maximum atomic E-state index is 11.2. The van der Waals surface area contributed by atoms with E-state index in [-0.39, 0.29) is 11.7 Å². The van der Waals surface area contributed by atoms with E-state index in [1.807, 2.05) is 6.92 Å². The molecule has 94 valence electrons. The molecule has 1 aliphatic heterocycles. The maximum Gasteiger partial charge on any atom is 0.307 e. The number of hydrogen-bond donors (Lipinski definition) is 1. The highest BCUT2D eigenvalue weighted by molar-refractivity contribution is 7.90. The van der Waals surface area contributed by atoms with Crippen LogP contribution in [0.25, 0.3) is 0 Å². The summed E-state index contributed by atoms with van der Waals surface area (Å²) in [6.07, 6.45) is 1.87. The molecule has 2 atom stereocenters. The Bertz CT molecular complexity index is 352. The number of nitrogens with zero attached hydrogens (tertiary/aromatic N) is 1. The van der Waals surface area contributed by atoms with Crippen molar-refractivity contribution in [3.63, 3.8) is 0 Å². The first-order valence-corrected chi connectivity index (χ1v) is 7.52. The summed E-state index contributed by atoms with van der Waals surface area (Å²) in [5.41, 5.74) is 0. The van der Waals surface area contributed by atoms with Crippen LogP contribution >= 0.6 is 0 Å². The van der Waals surface area contributed by atoms with Crippen molar-refractivity contribution in [3.8, 4) is 0 Å². The Morgan fingerprint density at radius 3 is 2.56 bits per heavy atom. The summed E-state index contributed by atoms with van der Waals surface area (Å²) in [6.45, 7) is 4.48.